The van der Waals surface area contributed by atoms with E-state index in [0.29, 0.717) is 18.6 Å². The molecule has 6 heteroatoms. The van der Waals surface area contributed by atoms with Crippen molar-refractivity contribution in [2.75, 3.05) is 13.2 Å². The van der Waals surface area contributed by atoms with E-state index in [2.05, 4.69) is 50.7 Å². The lowest BCUT2D eigenvalue weighted by molar-refractivity contribution is -0.0617. The number of ether oxygens (including phenoxy) is 2. The molecule has 0 aromatic rings. The molecule has 0 amide bonds. The Bertz CT molecular complexity index is 927. The van der Waals surface area contributed by atoms with E-state index in [9.17, 15) is 4.79 Å². The lowest BCUT2D eigenvalue weighted by Crippen LogP contribution is -2.51. The first kappa shape index (κ1) is 31.3. The van der Waals surface area contributed by atoms with Crippen LogP contribution >= 0.6 is 0 Å². The Morgan fingerprint density at radius 2 is 1.82 bits per heavy atom. The van der Waals surface area contributed by atoms with Gasteiger partial charge in [-0.3, -0.25) is 0 Å². The predicted octanol–water partition coefficient (Wildman–Crippen LogP) is 10.4. The second-order valence-corrected chi connectivity index (χ2v) is 14.7. The molecule has 8 atom stereocenters. The van der Waals surface area contributed by atoms with Crippen LogP contribution in [0.4, 0.5) is 4.79 Å². The number of unbranched alkanes of at least 4 members (excludes halogenated alkanes) is 3. The van der Waals surface area contributed by atoms with Gasteiger partial charge in [-0.05, 0) is 110 Å². The average Bonchev–Trinajstić information content (AvgIpc) is 3.27. The second-order valence-electron chi connectivity index (χ2n) is 14.7. The lowest BCUT2D eigenvalue weighted by Gasteiger charge is -2.58. The number of carbonyl (C=O) groups excluding carboxylic acids is 1. The molecule has 3 saturated carbocycles. The van der Waals surface area contributed by atoms with Gasteiger partial charge in [0.25, 0.3) is 0 Å². The zero-order chi connectivity index (χ0) is 28.8. The summed E-state index contributed by atoms with van der Waals surface area (Å²) in [5, 5.41) is 3.55. The number of nitrogens with zero attached hydrogens (tertiary/aromatic N) is 3. The van der Waals surface area contributed by atoms with E-state index in [1.165, 1.54) is 51.4 Å². The standard InChI is InChI=1S/C34H57N3O3/c1-24(2)11-10-12-25(3)29-15-16-30-28-14-13-26-23-27(17-19-33(26,4)31(28)18-20-34(29,30)5)40-32(38)39-22-9-7-6-8-21-36-37-35/h13,24-25,27-31H,6-12,14-23H2,1-5H3/t25-,27+,28?,29?,30?,31?,33+,34-/m1/s1. The normalized spacial score (nSPS) is 35.5. The van der Waals surface area contributed by atoms with Crippen LogP contribution in [0.1, 0.15) is 131 Å². The zero-order valence-electron chi connectivity index (χ0n) is 26.2. The van der Waals surface area contributed by atoms with Crippen molar-refractivity contribution in [3.63, 3.8) is 0 Å². The molecule has 4 unspecified atom stereocenters. The fourth-order valence-corrected chi connectivity index (χ4v) is 9.76. The van der Waals surface area contributed by atoms with Crippen LogP contribution in [0, 0.1) is 46.3 Å². The molecule has 0 spiro atoms. The first-order valence-electron chi connectivity index (χ1n) is 16.7. The van der Waals surface area contributed by atoms with Crippen LogP contribution in [0.3, 0.4) is 0 Å². The number of allylic oxidation sites excluding steroid dienone is 1. The maximum absolute atomic E-state index is 12.4. The molecule has 40 heavy (non-hydrogen) atoms. The van der Waals surface area contributed by atoms with E-state index >= 15 is 0 Å². The van der Waals surface area contributed by atoms with Gasteiger partial charge in [0.2, 0.25) is 0 Å². The van der Waals surface area contributed by atoms with Crippen molar-refractivity contribution >= 4 is 6.16 Å². The number of azide groups is 1. The third kappa shape index (κ3) is 7.02. The van der Waals surface area contributed by atoms with Gasteiger partial charge in [0.05, 0.1) is 6.61 Å². The summed E-state index contributed by atoms with van der Waals surface area (Å²) < 4.78 is 11.2. The van der Waals surface area contributed by atoms with Gasteiger partial charge in [0, 0.05) is 17.9 Å². The number of fused-ring (bicyclic) bond motifs is 5. The van der Waals surface area contributed by atoms with Crippen LogP contribution in [0.25, 0.3) is 10.4 Å². The quantitative estimate of drug-likeness (QED) is 0.0565. The molecule has 0 N–H and O–H groups in total. The third-order valence-electron chi connectivity index (χ3n) is 12.0. The van der Waals surface area contributed by atoms with Crippen molar-refractivity contribution in [1.82, 2.24) is 0 Å². The first-order chi connectivity index (χ1) is 19.2. The Morgan fingerprint density at radius 1 is 1.02 bits per heavy atom. The van der Waals surface area contributed by atoms with Crippen LogP contribution in [-0.4, -0.2) is 25.4 Å². The summed E-state index contributed by atoms with van der Waals surface area (Å²) in [4.78, 5) is 15.1. The van der Waals surface area contributed by atoms with E-state index in [1.54, 1.807) is 5.57 Å². The fourth-order valence-electron chi connectivity index (χ4n) is 9.76. The molecule has 0 radical (unpaired) electrons. The van der Waals surface area contributed by atoms with Gasteiger partial charge in [-0.1, -0.05) is 83.5 Å². The highest BCUT2D eigenvalue weighted by Crippen LogP contribution is 2.67. The molecular formula is C34H57N3O3. The molecule has 0 heterocycles. The summed E-state index contributed by atoms with van der Waals surface area (Å²) in [5.74, 6) is 5.06. The van der Waals surface area contributed by atoms with Crippen molar-refractivity contribution in [3.05, 3.63) is 22.1 Å². The maximum atomic E-state index is 12.4. The molecule has 0 aliphatic heterocycles. The van der Waals surface area contributed by atoms with Gasteiger partial charge >= 0.3 is 6.16 Å². The Kier molecular flexibility index (Phi) is 10.9. The average molecular weight is 556 g/mol. The smallest absolute Gasteiger partial charge is 0.434 e. The molecule has 0 bridgehead atoms. The van der Waals surface area contributed by atoms with Gasteiger partial charge in [0.15, 0.2) is 0 Å². The van der Waals surface area contributed by atoms with E-state index < -0.39 is 6.16 Å². The SMILES string of the molecule is CC(C)CCC[C@@H](C)C1CCC2C3CC=C4C[C@@H](OC(=O)OCCCCCCN=[N+]=[N-])CC[C@]4(C)C3CC[C@@]21C. The summed E-state index contributed by atoms with van der Waals surface area (Å²) in [6.07, 6.45) is 19.6. The highest BCUT2D eigenvalue weighted by atomic mass is 16.7. The number of hydrogen-bond acceptors (Lipinski definition) is 4. The highest BCUT2D eigenvalue weighted by Gasteiger charge is 2.59. The van der Waals surface area contributed by atoms with Gasteiger partial charge in [-0.15, -0.1) is 0 Å². The summed E-state index contributed by atoms with van der Waals surface area (Å²) in [5.41, 5.74) is 10.7. The minimum absolute atomic E-state index is 0.0522. The van der Waals surface area contributed by atoms with Crippen LogP contribution in [-0.2, 0) is 9.47 Å². The van der Waals surface area contributed by atoms with E-state index in [4.69, 9.17) is 15.0 Å². The molecule has 3 fully saturated rings. The second kappa shape index (κ2) is 14.0. The molecular weight excluding hydrogens is 498 g/mol. The minimum atomic E-state index is -0.509. The topological polar surface area (TPSA) is 84.3 Å². The van der Waals surface area contributed by atoms with Crippen LogP contribution in [0.2, 0.25) is 0 Å². The Hall–Kier alpha value is -1.68. The van der Waals surface area contributed by atoms with E-state index in [-0.39, 0.29) is 11.5 Å². The van der Waals surface area contributed by atoms with Crippen molar-refractivity contribution in [2.24, 2.45) is 51.5 Å². The van der Waals surface area contributed by atoms with Gasteiger partial charge in [-0.25, -0.2) is 4.79 Å². The lowest BCUT2D eigenvalue weighted by atomic mass is 9.47. The highest BCUT2D eigenvalue weighted by molar-refractivity contribution is 5.60. The summed E-state index contributed by atoms with van der Waals surface area (Å²) in [6, 6.07) is 0. The number of carbonyl (C=O) groups is 1. The third-order valence-corrected chi connectivity index (χ3v) is 12.0. The summed E-state index contributed by atoms with van der Waals surface area (Å²) in [6.45, 7) is 13.4. The molecule has 0 aromatic carbocycles. The molecule has 4 aliphatic carbocycles. The molecule has 0 saturated heterocycles. The predicted molar refractivity (Wildman–Crippen MR) is 162 cm³/mol. The molecule has 4 aliphatic rings. The molecule has 4 rings (SSSR count). The van der Waals surface area contributed by atoms with E-state index in [0.717, 1.165) is 80.5 Å². The zero-order valence-corrected chi connectivity index (χ0v) is 26.2. The van der Waals surface area contributed by atoms with Crippen molar-refractivity contribution in [2.45, 2.75) is 137 Å². The maximum Gasteiger partial charge on any atom is 0.508 e. The summed E-state index contributed by atoms with van der Waals surface area (Å²) >= 11 is 0. The number of hydrogen-bond donors (Lipinski definition) is 0. The van der Waals surface area contributed by atoms with Crippen molar-refractivity contribution in [3.8, 4) is 0 Å². The molecule has 0 aromatic heterocycles. The van der Waals surface area contributed by atoms with Crippen LogP contribution < -0.4 is 0 Å². The largest absolute Gasteiger partial charge is 0.508 e. The minimum Gasteiger partial charge on any atom is -0.434 e. The Balaban J connectivity index is 1.27. The van der Waals surface area contributed by atoms with Gasteiger partial charge in [0.1, 0.15) is 6.10 Å². The van der Waals surface area contributed by atoms with E-state index in [1.807, 2.05) is 0 Å². The van der Waals surface area contributed by atoms with Gasteiger partial charge < -0.3 is 9.47 Å². The van der Waals surface area contributed by atoms with Crippen molar-refractivity contribution < 1.29 is 14.3 Å². The van der Waals surface area contributed by atoms with Crippen LogP contribution in [0.15, 0.2) is 16.8 Å². The van der Waals surface area contributed by atoms with Crippen molar-refractivity contribution in [1.29, 1.82) is 0 Å². The Morgan fingerprint density at radius 3 is 2.60 bits per heavy atom. The first-order valence-corrected chi connectivity index (χ1v) is 16.7. The number of rotatable bonds is 13. The van der Waals surface area contributed by atoms with Gasteiger partial charge in [-0.2, -0.15) is 0 Å². The summed E-state index contributed by atoms with van der Waals surface area (Å²) in [7, 11) is 0. The molecule has 6 nitrogen and oxygen atoms in total. The van der Waals surface area contributed by atoms with Crippen LogP contribution in [0.5, 0.6) is 0 Å². The fraction of sp³-hybridized carbons (Fsp3) is 0.912. The monoisotopic (exact) mass is 555 g/mol. The Labute approximate surface area is 244 Å². The molecule has 226 valence electrons.